The summed E-state index contributed by atoms with van der Waals surface area (Å²) in [4.78, 5) is 43.3. The topological polar surface area (TPSA) is 165 Å². The maximum atomic E-state index is 12.3. The number of halogens is 6. The van der Waals surface area contributed by atoms with Gasteiger partial charge in [-0.3, -0.25) is 9.36 Å². The van der Waals surface area contributed by atoms with Gasteiger partial charge in [-0.1, -0.05) is 18.2 Å². The van der Waals surface area contributed by atoms with E-state index in [0.29, 0.717) is 58.8 Å². The fourth-order valence-corrected chi connectivity index (χ4v) is 5.57. The van der Waals surface area contributed by atoms with Gasteiger partial charge in [-0.2, -0.15) is 0 Å². The van der Waals surface area contributed by atoms with Crippen molar-refractivity contribution in [2.45, 2.75) is 38.5 Å². The second kappa shape index (κ2) is 18.4. The zero-order valence-corrected chi connectivity index (χ0v) is 30.4. The van der Waals surface area contributed by atoms with Gasteiger partial charge in [0, 0.05) is 55.3 Å². The van der Waals surface area contributed by atoms with Crippen LogP contribution in [-0.4, -0.2) is 59.9 Å². The summed E-state index contributed by atoms with van der Waals surface area (Å²) in [7, 11) is 0. The Bertz CT molecular complexity index is 2530. The molecule has 0 atom stereocenters. The summed E-state index contributed by atoms with van der Waals surface area (Å²) >= 11 is 0. The second-order valence-electron chi connectivity index (χ2n) is 12.3. The molecule has 5 heterocycles. The van der Waals surface area contributed by atoms with Crippen LogP contribution in [0.4, 0.5) is 26.3 Å². The highest BCUT2D eigenvalue weighted by Crippen LogP contribution is 2.31. The number of benzene rings is 3. The van der Waals surface area contributed by atoms with Crippen LogP contribution in [0.2, 0.25) is 0 Å². The first-order valence-corrected chi connectivity index (χ1v) is 17.4. The van der Waals surface area contributed by atoms with E-state index in [-0.39, 0.29) is 30.5 Å². The quantitative estimate of drug-likeness (QED) is 0.114. The summed E-state index contributed by atoms with van der Waals surface area (Å²) < 4.78 is 92.5. The average Bonchev–Trinajstić information content (AvgIpc) is 3.74. The molecule has 0 radical (unpaired) electrons. The molecular weight excluding hydrogens is 790 g/mol. The lowest BCUT2D eigenvalue weighted by Gasteiger charge is -2.09. The van der Waals surface area contributed by atoms with Gasteiger partial charge in [-0.05, 0) is 83.9 Å². The predicted octanol–water partition coefficient (Wildman–Crippen LogP) is 7.31. The number of hydrogen-bond acceptors (Lipinski definition) is 12. The van der Waals surface area contributed by atoms with Crippen LogP contribution >= 0.6 is 0 Å². The minimum Gasteiger partial charge on any atom is -0.424 e. The Kier molecular flexibility index (Phi) is 12.9. The van der Waals surface area contributed by atoms with Crippen LogP contribution in [0.3, 0.4) is 0 Å². The van der Waals surface area contributed by atoms with E-state index < -0.39 is 18.5 Å². The van der Waals surface area contributed by atoms with Crippen molar-refractivity contribution in [2.75, 3.05) is 6.61 Å². The van der Waals surface area contributed by atoms with Crippen molar-refractivity contribution in [3.63, 3.8) is 0 Å². The van der Waals surface area contributed by atoms with Gasteiger partial charge < -0.3 is 23.7 Å². The van der Waals surface area contributed by atoms with Crippen LogP contribution in [0.25, 0.3) is 33.5 Å². The third kappa shape index (κ3) is 11.9. The number of nitrogens with zero attached hydrogens (tertiary/aromatic N) is 6. The third-order valence-corrected chi connectivity index (χ3v) is 8.19. The number of aryl methyl sites for hydroxylation is 2. The molecule has 1 aliphatic heterocycles. The third-order valence-electron chi connectivity index (χ3n) is 8.19. The lowest BCUT2D eigenvalue weighted by atomic mass is 10.1. The van der Waals surface area contributed by atoms with Gasteiger partial charge in [-0.15, -0.1) is 26.3 Å². The van der Waals surface area contributed by atoms with Gasteiger partial charge in [0.2, 0.25) is 0 Å². The van der Waals surface area contributed by atoms with Crippen molar-refractivity contribution in [1.82, 2.24) is 29.5 Å². The molecule has 1 aliphatic rings. The van der Waals surface area contributed by atoms with Crippen molar-refractivity contribution in [1.29, 1.82) is 0 Å². The van der Waals surface area contributed by atoms with E-state index in [1.54, 1.807) is 54.9 Å². The number of alkyl halides is 6. The zero-order valence-electron chi connectivity index (χ0n) is 30.4. The number of carbonyl (C=O) groups excluding carboxylic acids is 1. The Balaban J connectivity index is 0.000000169. The minimum atomic E-state index is -4.74. The summed E-state index contributed by atoms with van der Waals surface area (Å²) in [6, 6.07) is 22.8. The smallest absolute Gasteiger partial charge is 0.424 e. The molecule has 0 amide bonds. The van der Waals surface area contributed by atoms with Crippen LogP contribution in [-0.2, 0) is 30.6 Å². The normalized spacial score (nSPS) is 12.1. The fraction of sp³-hybridized carbons (Fsp3) is 0.175. The molecule has 1 N–H and O–H groups in total. The number of oxazole rings is 1. The lowest BCUT2D eigenvalue weighted by molar-refractivity contribution is -0.275. The minimum absolute atomic E-state index is 0.0957. The number of esters is 1. The maximum absolute atomic E-state index is 12.3. The molecule has 3 aromatic carbocycles. The molecular formula is C40H30F6N6O7. The first-order chi connectivity index (χ1) is 28.2. The number of pyridine rings is 1. The van der Waals surface area contributed by atoms with Gasteiger partial charge in [-0.25, -0.2) is 29.7 Å². The number of rotatable bonds is 9. The molecule has 8 rings (SSSR count). The summed E-state index contributed by atoms with van der Waals surface area (Å²) in [6.07, 6.45) is -2.02. The molecule has 0 bridgehead atoms. The molecule has 19 heteroatoms. The maximum Gasteiger partial charge on any atom is 0.573 e. The highest BCUT2D eigenvalue weighted by atomic mass is 19.4. The molecule has 13 nitrogen and oxygen atoms in total. The molecule has 304 valence electrons. The Labute approximate surface area is 329 Å². The fourth-order valence-electron chi connectivity index (χ4n) is 5.57. The molecule has 0 saturated carbocycles. The number of ether oxygens (including phenoxy) is 3. The SMILES string of the molecule is O=C1Cc2nc(-c3ccc(OC(F)(F)F)cc3)ccc2O1.O=c1oc2ccc(-c3ccc(OC(F)(F)F)cc3)cc2n1CCc1ccncn1.OCCc1ccncn1. The van der Waals surface area contributed by atoms with Crippen LogP contribution in [0.15, 0.2) is 125 Å². The van der Waals surface area contributed by atoms with Gasteiger partial charge in [0.15, 0.2) is 11.3 Å². The van der Waals surface area contributed by atoms with Gasteiger partial charge in [0.05, 0.1) is 23.3 Å². The summed E-state index contributed by atoms with van der Waals surface area (Å²) in [5, 5.41) is 8.46. The van der Waals surface area contributed by atoms with E-state index in [9.17, 15) is 35.9 Å². The Morgan fingerprint density at radius 1 is 0.695 bits per heavy atom. The molecule has 59 heavy (non-hydrogen) atoms. The molecule has 4 aromatic heterocycles. The molecule has 0 unspecified atom stereocenters. The lowest BCUT2D eigenvalue weighted by Crippen LogP contribution is -2.16. The van der Waals surface area contributed by atoms with Crippen molar-refractivity contribution >= 4 is 17.1 Å². The van der Waals surface area contributed by atoms with Gasteiger partial charge in [0.25, 0.3) is 0 Å². The van der Waals surface area contributed by atoms with Crippen molar-refractivity contribution in [3.8, 4) is 39.6 Å². The Morgan fingerprint density at radius 3 is 1.83 bits per heavy atom. The van der Waals surface area contributed by atoms with E-state index in [2.05, 4.69) is 34.4 Å². The second-order valence-corrected chi connectivity index (χ2v) is 12.3. The van der Waals surface area contributed by atoms with Crippen molar-refractivity contribution in [2.24, 2.45) is 0 Å². The van der Waals surface area contributed by atoms with Crippen molar-refractivity contribution < 1.29 is 54.9 Å². The summed E-state index contributed by atoms with van der Waals surface area (Å²) in [6.45, 7) is 0.516. The standard InChI is InChI=1S/C20H14F3N3O3.C14H8F3NO3.C6H8N2O/c21-20(22,23)29-16-4-1-13(2-5-16)14-3-6-18-17(11-14)26(19(27)28-18)10-8-15-7-9-24-12-25-15;15-14(16,17)21-9-3-1-8(2-4-9)10-5-6-12-11(18-10)7-13(19)20-12;9-4-2-6-1-3-7-5-8-6/h1-7,9,11-12H,8,10H2;1-6H,7H2;1,3,5,9H,2,4H2. The number of aliphatic hydroxyl groups excluding tert-OH is 1. The Morgan fingerprint density at radius 2 is 1.27 bits per heavy atom. The Hall–Kier alpha value is -7.15. The monoisotopic (exact) mass is 820 g/mol. The molecule has 0 fully saturated rings. The number of aliphatic hydroxyl groups is 1. The van der Waals surface area contributed by atoms with Gasteiger partial charge in [0.1, 0.15) is 24.2 Å². The van der Waals surface area contributed by atoms with Gasteiger partial charge >= 0.3 is 24.5 Å². The highest BCUT2D eigenvalue weighted by Gasteiger charge is 2.32. The number of carbonyl (C=O) groups is 1. The first-order valence-electron chi connectivity index (χ1n) is 17.4. The van der Waals surface area contributed by atoms with E-state index in [0.717, 1.165) is 17.0 Å². The number of aromatic nitrogens is 6. The van der Waals surface area contributed by atoms with E-state index >= 15 is 0 Å². The average molecular weight is 821 g/mol. The molecule has 7 aromatic rings. The van der Waals surface area contributed by atoms with E-state index in [1.807, 2.05) is 0 Å². The predicted molar refractivity (Wildman–Crippen MR) is 197 cm³/mol. The molecule has 0 spiro atoms. The van der Waals surface area contributed by atoms with Crippen LogP contribution < -0.4 is 20.0 Å². The zero-order chi connectivity index (χ0) is 42.0. The largest absolute Gasteiger partial charge is 0.573 e. The summed E-state index contributed by atoms with van der Waals surface area (Å²) in [5.74, 6) is -1.04. The van der Waals surface area contributed by atoms with E-state index in [4.69, 9.17) is 14.3 Å². The number of fused-ring (bicyclic) bond motifs is 2. The van der Waals surface area contributed by atoms with Crippen LogP contribution in [0.5, 0.6) is 17.2 Å². The van der Waals surface area contributed by atoms with Crippen LogP contribution in [0.1, 0.15) is 17.1 Å². The first kappa shape index (κ1) is 41.5. The van der Waals surface area contributed by atoms with Crippen molar-refractivity contribution in [3.05, 3.63) is 144 Å². The highest BCUT2D eigenvalue weighted by molar-refractivity contribution is 5.81. The summed E-state index contributed by atoms with van der Waals surface area (Å²) in [5.41, 5.74) is 5.79. The molecule has 0 aliphatic carbocycles. The van der Waals surface area contributed by atoms with Crippen LogP contribution in [0, 0.1) is 0 Å². The van der Waals surface area contributed by atoms with E-state index in [1.165, 1.54) is 65.8 Å². The molecule has 0 saturated heterocycles. The number of hydrogen-bond donors (Lipinski definition) is 1.